The van der Waals surface area contributed by atoms with Crippen LogP contribution in [-0.4, -0.2) is 32.1 Å². The van der Waals surface area contributed by atoms with Crippen LogP contribution in [0.25, 0.3) is 0 Å². The highest BCUT2D eigenvalue weighted by atomic mass is 32.2. The lowest BCUT2D eigenvalue weighted by Gasteiger charge is -2.14. The molecule has 13 heavy (non-hydrogen) atoms. The fourth-order valence-electron chi connectivity index (χ4n) is 1.31. The normalized spacial score (nSPS) is 31.4. The minimum absolute atomic E-state index is 0.127. The number of nitrogens with one attached hydrogen (secondary N) is 1. The Balaban J connectivity index is 2.43. The summed E-state index contributed by atoms with van der Waals surface area (Å²) in [5, 5.41) is -0.384. The van der Waals surface area contributed by atoms with Gasteiger partial charge in [-0.1, -0.05) is 5.92 Å². The number of terminal acetylenes is 1. The molecule has 1 aliphatic heterocycles. The zero-order valence-corrected chi connectivity index (χ0v) is 8.30. The van der Waals surface area contributed by atoms with Gasteiger partial charge in [0.25, 0.3) is 0 Å². The molecule has 0 aromatic carbocycles. The van der Waals surface area contributed by atoms with E-state index in [9.17, 15) is 8.42 Å². The molecule has 5 heteroatoms. The summed E-state index contributed by atoms with van der Waals surface area (Å²) in [7, 11) is -2.91. The van der Waals surface area contributed by atoms with E-state index >= 15 is 0 Å². The van der Waals surface area contributed by atoms with Crippen LogP contribution < -0.4 is 5.48 Å². The second-order valence-electron chi connectivity index (χ2n) is 3.08. The average Bonchev–Trinajstić information content (AvgIpc) is 2.32. The third-order valence-corrected chi connectivity index (χ3v) is 4.50. The molecule has 0 aliphatic carbocycles. The molecule has 0 aromatic heterocycles. The van der Waals surface area contributed by atoms with Gasteiger partial charge >= 0.3 is 0 Å². The highest BCUT2D eigenvalue weighted by Gasteiger charge is 2.36. The van der Waals surface area contributed by atoms with Crippen molar-refractivity contribution in [3.05, 3.63) is 0 Å². The van der Waals surface area contributed by atoms with Crippen LogP contribution in [0.2, 0.25) is 0 Å². The van der Waals surface area contributed by atoms with Crippen molar-refractivity contribution in [2.45, 2.75) is 24.6 Å². The molecule has 0 amide bonds. The largest absolute Gasteiger partial charge is 0.289 e. The number of hydrogen-bond donors (Lipinski definition) is 1. The van der Waals surface area contributed by atoms with Gasteiger partial charge in [-0.2, -0.15) is 5.48 Å². The van der Waals surface area contributed by atoms with Crippen molar-refractivity contribution in [1.29, 1.82) is 0 Å². The molecule has 1 rings (SSSR count). The van der Waals surface area contributed by atoms with Crippen molar-refractivity contribution in [2.24, 2.45) is 0 Å². The van der Waals surface area contributed by atoms with Crippen LogP contribution in [0.4, 0.5) is 0 Å². The van der Waals surface area contributed by atoms with Crippen LogP contribution in [0.15, 0.2) is 0 Å². The van der Waals surface area contributed by atoms with E-state index in [2.05, 4.69) is 11.4 Å². The van der Waals surface area contributed by atoms with E-state index in [-0.39, 0.29) is 23.7 Å². The second-order valence-corrected chi connectivity index (χ2v) is 5.56. The Kier molecular flexibility index (Phi) is 3.31. The Labute approximate surface area is 78.5 Å². The summed E-state index contributed by atoms with van der Waals surface area (Å²) in [5.41, 5.74) is 2.67. The van der Waals surface area contributed by atoms with Gasteiger partial charge in [0.05, 0.1) is 11.0 Å². The molecule has 1 fully saturated rings. The summed E-state index contributed by atoms with van der Waals surface area (Å²) in [5.74, 6) is 2.52. The molecule has 1 heterocycles. The lowest BCUT2D eigenvalue weighted by molar-refractivity contribution is 0.0393. The Morgan fingerprint density at radius 2 is 2.38 bits per heavy atom. The summed E-state index contributed by atoms with van der Waals surface area (Å²) in [6, 6.07) is -0.127. The quantitative estimate of drug-likeness (QED) is 0.389. The molecule has 0 spiro atoms. The van der Waals surface area contributed by atoms with E-state index in [4.69, 9.17) is 11.3 Å². The smallest absolute Gasteiger partial charge is 0.154 e. The maximum absolute atomic E-state index is 11.3. The lowest BCUT2D eigenvalue weighted by Crippen LogP contribution is -2.36. The molecule has 0 radical (unpaired) electrons. The van der Waals surface area contributed by atoms with Crippen molar-refractivity contribution in [3.63, 3.8) is 0 Å². The third kappa shape index (κ3) is 2.44. The van der Waals surface area contributed by atoms with Crippen LogP contribution >= 0.6 is 0 Å². The molecule has 0 bridgehead atoms. The van der Waals surface area contributed by atoms with Gasteiger partial charge in [-0.15, -0.1) is 6.42 Å². The lowest BCUT2D eigenvalue weighted by atomic mass is 10.2. The van der Waals surface area contributed by atoms with Crippen molar-refractivity contribution < 1.29 is 13.3 Å². The Hall–Kier alpha value is -0.570. The molecule has 74 valence electrons. The van der Waals surface area contributed by atoms with E-state index in [0.717, 1.165) is 0 Å². The first-order valence-electron chi connectivity index (χ1n) is 4.10. The Morgan fingerprint density at radius 1 is 1.69 bits per heavy atom. The maximum Gasteiger partial charge on any atom is 0.154 e. The van der Waals surface area contributed by atoms with Crippen LogP contribution in [0.5, 0.6) is 0 Å². The van der Waals surface area contributed by atoms with Crippen molar-refractivity contribution >= 4 is 9.84 Å². The average molecular weight is 203 g/mol. The molecule has 1 N–H and O–H groups in total. The molecule has 2 unspecified atom stereocenters. The second kappa shape index (κ2) is 4.09. The standard InChI is InChI=1S/C8H13NO3S/c1-3-5-12-9-8-4-6-13(10,11)7(8)2/h1,7-9H,4-6H2,2H3. The predicted octanol–water partition coefficient (Wildman–Crippen LogP) is -0.284. The molecule has 0 aromatic rings. The highest BCUT2D eigenvalue weighted by Crippen LogP contribution is 2.19. The van der Waals surface area contributed by atoms with Gasteiger partial charge in [-0.3, -0.25) is 4.84 Å². The van der Waals surface area contributed by atoms with Gasteiger partial charge in [-0.25, -0.2) is 8.42 Å². The van der Waals surface area contributed by atoms with Gasteiger partial charge in [0.2, 0.25) is 0 Å². The summed E-state index contributed by atoms with van der Waals surface area (Å²) >= 11 is 0. The fourth-order valence-corrected chi connectivity index (χ4v) is 2.95. The van der Waals surface area contributed by atoms with Gasteiger partial charge in [-0.05, 0) is 13.3 Å². The SMILES string of the molecule is C#CCONC1CCS(=O)(=O)C1C. The van der Waals surface area contributed by atoms with Crippen molar-refractivity contribution in [2.75, 3.05) is 12.4 Å². The van der Waals surface area contributed by atoms with Gasteiger partial charge in [0, 0.05) is 6.04 Å². The van der Waals surface area contributed by atoms with Crippen LogP contribution in [0.3, 0.4) is 0 Å². The summed E-state index contributed by atoms with van der Waals surface area (Å²) in [6.07, 6.45) is 5.56. The van der Waals surface area contributed by atoms with Crippen LogP contribution in [0, 0.1) is 12.3 Å². The number of hydroxylamine groups is 1. The van der Waals surface area contributed by atoms with E-state index < -0.39 is 9.84 Å². The topological polar surface area (TPSA) is 55.4 Å². The first-order valence-corrected chi connectivity index (χ1v) is 5.82. The molecule has 0 saturated carbocycles. The number of sulfone groups is 1. The number of hydrogen-bond acceptors (Lipinski definition) is 4. The predicted molar refractivity (Wildman–Crippen MR) is 49.6 cm³/mol. The summed E-state index contributed by atoms with van der Waals surface area (Å²) in [6.45, 7) is 1.84. The van der Waals surface area contributed by atoms with Crippen LogP contribution in [-0.2, 0) is 14.7 Å². The van der Waals surface area contributed by atoms with Crippen LogP contribution in [0.1, 0.15) is 13.3 Å². The molecule has 1 aliphatic rings. The maximum atomic E-state index is 11.3. The first-order chi connectivity index (χ1) is 6.08. The molecular weight excluding hydrogens is 190 g/mol. The van der Waals surface area contributed by atoms with Crippen molar-refractivity contribution in [3.8, 4) is 12.3 Å². The van der Waals surface area contributed by atoms with Gasteiger partial charge < -0.3 is 0 Å². The molecule has 4 nitrogen and oxygen atoms in total. The van der Waals surface area contributed by atoms with E-state index in [1.54, 1.807) is 6.92 Å². The monoisotopic (exact) mass is 203 g/mol. The van der Waals surface area contributed by atoms with Gasteiger partial charge in [0.1, 0.15) is 6.61 Å². The van der Waals surface area contributed by atoms with Crippen molar-refractivity contribution in [1.82, 2.24) is 5.48 Å². The minimum Gasteiger partial charge on any atom is -0.289 e. The zero-order valence-electron chi connectivity index (χ0n) is 7.49. The highest BCUT2D eigenvalue weighted by molar-refractivity contribution is 7.92. The summed E-state index contributed by atoms with van der Waals surface area (Å²) < 4.78 is 22.5. The number of rotatable bonds is 3. The Bertz CT molecular complexity index is 304. The zero-order chi connectivity index (χ0) is 9.90. The Morgan fingerprint density at radius 3 is 2.85 bits per heavy atom. The molecular formula is C8H13NO3S. The third-order valence-electron chi connectivity index (χ3n) is 2.24. The van der Waals surface area contributed by atoms with E-state index in [0.29, 0.717) is 6.42 Å². The van der Waals surface area contributed by atoms with E-state index in [1.165, 1.54) is 0 Å². The first kappa shape index (κ1) is 10.5. The minimum atomic E-state index is -2.91. The fraction of sp³-hybridized carbons (Fsp3) is 0.750. The van der Waals surface area contributed by atoms with Gasteiger partial charge in [0.15, 0.2) is 9.84 Å². The summed E-state index contributed by atoms with van der Waals surface area (Å²) in [4.78, 5) is 4.88. The van der Waals surface area contributed by atoms with E-state index in [1.807, 2.05) is 0 Å². The molecule has 1 saturated heterocycles. The molecule has 2 atom stereocenters.